The monoisotopic (exact) mass is 408 g/mol. The van der Waals surface area contributed by atoms with Crippen molar-refractivity contribution in [2.45, 2.75) is 18.9 Å². The lowest BCUT2D eigenvalue weighted by Crippen LogP contribution is -2.41. The van der Waals surface area contributed by atoms with Crippen molar-refractivity contribution in [2.24, 2.45) is 0 Å². The van der Waals surface area contributed by atoms with Crippen molar-refractivity contribution < 1.29 is 14.6 Å². The Hall–Kier alpha value is -1.95. The van der Waals surface area contributed by atoms with E-state index < -0.39 is 6.09 Å². The Kier molecular flexibility index (Phi) is 6.15. The molecule has 5 nitrogen and oxygen atoms in total. The Labute approximate surface area is 169 Å². The summed E-state index contributed by atoms with van der Waals surface area (Å²) in [7, 11) is 3.61. The summed E-state index contributed by atoms with van der Waals surface area (Å²) in [5.74, 6) is 0.642. The number of benzene rings is 2. The second-order valence-corrected chi connectivity index (χ2v) is 7.50. The van der Waals surface area contributed by atoms with Crippen LogP contribution in [0.25, 0.3) is 11.1 Å². The summed E-state index contributed by atoms with van der Waals surface area (Å²) in [5.41, 5.74) is 2.11. The molecule has 1 saturated heterocycles. The van der Waals surface area contributed by atoms with Gasteiger partial charge in [0.05, 0.1) is 22.8 Å². The molecule has 0 aliphatic carbocycles. The van der Waals surface area contributed by atoms with Crippen LogP contribution in [0, 0.1) is 0 Å². The third-order valence-electron chi connectivity index (χ3n) is 5.02. The molecule has 0 saturated carbocycles. The Bertz CT molecular complexity index is 844. The zero-order chi connectivity index (χ0) is 19.6. The third-order valence-corrected chi connectivity index (χ3v) is 5.76. The van der Waals surface area contributed by atoms with Crippen LogP contribution in [0.15, 0.2) is 36.4 Å². The van der Waals surface area contributed by atoms with Crippen LogP contribution < -0.4 is 9.64 Å². The van der Waals surface area contributed by atoms with Crippen molar-refractivity contribution in [1.29, 1.82) is 0 Å². The van der Waals surface area contributed by atoms with E-state index in [-0.39, 0.29) is 6.04 Å². The van der Waals surface area contributed by atoms with Crippen LogP contribution in [0.4, 0.5) is 10.5 Å². The molecule has 27 heavy (non-hydrogen) atoms. The van der Waals surface area contributed by atoms with Crippen molar-refractivity contribution >= 4 is 35.0 Å². The number of hydrogen-bond donors (Lipinski definition) is 1. The first-order valence-corrected chi connectivity index (χ1v) is 9.50. The molecule has 7 heteroatoms. The molecule has 2 aromatic rings. The van der Waals surface area contributed by atoms with Crippen molar-refractivity contribution in [3.63, 3.8) is 0 Å². The molecule has 1 heterocycles. The molecule has 0 aromatic heterocycles. The van der Waals surface area contributed by atoms with Gasteiger partial charge in [-0.1, -0.05) is 29.3 Å². The number of anilines is 1. The van der Waals surface area contributed by atoms with Crippen LogP contribution >= 0.6 is 23.2 Å². The molecule has 0 bridgehead atoms. The van der Waals surface area contributed by atoms with Gasteiger partial charge in [-0.25, -0.2) is 4.79 Å². The van der Waals surface area contributed by atoms with Gasteiger partial charge < -0.3 is 14.7 Å². The molecule has 3 rings (SSSR count). The van der Waals surface area contributed by atoms with Crippen molar-refractivity contribution in [3.05, 3.63) is 46.4 Å². The highest BCUT2D eigenvalue weighted by molar-refractivity contribution is 6.42. The van der Waals surface area contributed by atoms with Gasteiger partial charge in [0.2, 0.25) is 0 Å². The lowest BCUT2D eigenvalue weighted by atomic mass is 10.0. The normalized spacial score (nSPS) is 17.1. The predicted octanol–water partition coefficient (Wildman–Crippen LogP) is 5.25. The number of halogens is 2. The van der Waals surface area contributed by atoms with Gasteiger partial charge in [-0.2, -0.15) is 0 Å². The maximum absolute atomic E-state index is 12.1. The van der Waals surface area contributed by atoms with Gasteiger partial charge in [0.15, 0.2) is 0 Å². The SMILES string of the molecule is COc1ccc(N(C[C@@H]2CCCN2C)C(=O)O)c(-c2ccc(Cl)c(Cl)c2)c1. The maximum atomic E-state index is 12.1. The van der Waals surface area contributed by atoms with Gasteiger partial charge >= 0.3 is 6.09 Å². The molecular formula is C20H22Cl2N2O3. The molecule has 1 N–H and O–H groups in total. The third kappa shape index (κ3) is 4.32. The summed E-state index contributed by atoms with van der Waals surface area (Å²) in [6.07, 6.45) is 1.08. The van der Waals surface area contributed by atoms with Gasteiger partial charge in [0.25, 0.3) is 0 Å². The minimum absolute atomic E-state index is 0.199. The number of likely N-dealkylation sites (N-methyl/N-ethyl adjacent to an activating group) is 1. The Balaban J connectivity index is 2.06. The van der Waals surface area contributed by atoms with Gasteiger partial charge in [0.1, 0.15) is 5.75 Å². The minimum atomic E-state index is -0.984. The fourth-order valence-electron chi connectivity index (χ4n) is 3.47. The van der Waals surface area contributed by atoms with Crippen molar-refractivity contribution in [2.75, 3.05) is 32.1 Å². The largest absolute Gasteiger partial charge is 0.497 e. The van der Waals surface area contributed by atoms with E-state index in [4.69, 9.17) is 27.9 Å². The molecule has 144 valence electrons. The summed E-state index contributed by atoms with van der Waals surface area (Å²) in [6, 6.07) is 10.8. The van der Waals surface area contributed by atoms with Gasteiger partial charge in [-0.05, 0) is 62.3 Å². The molecule has 1 aliphatic rings. The number of amides is 1. The molecule has 1 fully saturated rings. The lowest BCUT2D eigenvalue weighted by molar-refractivity contribution is 0.198. The lowest BCUT2D eigenvalue weighted by Gasteiger charge is -2.28. The van der Waals surface area contributed by atoms with E-state index in [0.717, 1.165) is 30.5 Å². The van der Waals surface area contributed by atoms with Gasteiger partial charge in [-0.15, -0.1) is 0 Å². The number of likely N-dealkylation sites (tertiary alicyclic amines) is 1. The Morgan fingerprint density at radius 2 is 2.04 bits per heavy atom. The molecule has 0 radical (unpaired) electrons. The fraction of sp³-hybridized carbons (Fsp3) is 0.350. The Morgan fingerprint density at radius 1 is 1.26 bits per heavy atom. The first kappa shape index (κ1) is 19.8. The number of methoxy groups -OCH3 is 1. The molecule has 0 unspecified atom stereocenters. The van der Waals surface area contributed by atoms with Crippen LogP contribution in [0.1, 0.15) is 12.8 Å². The smallest absolute Gasteiger partial charge is 0.411 e. The first-order valence-electron chi connectivity index (χ1n) is 8.75. The first-order chi connectivity index (χ1) is 12.9. The van der Waals surface area contributed by atoms with Crippen LogP contribution in [0.3, 0.4) is 0 Å². The predicted molar refractivity (Wildman–Crippen MR) is 109 cm³/mol. The van der Waals surface area contributed by atoms with E-state index >= 15 is 0 Å². The summed E-state index contributed by atoms with van der Waals surface area (Å²) >= 11 is 12.2. The number of carbonyl (C=O) groups is 1. The van der Waals surface area contributed by atoms with E-state index in [0.29, 0.717) is 28.0 Å². The summed E-state index contributed by atoms with van der Waals surface area (Å²) < 4.78 is 5.34. The number of carboxylic acid groups (broad SMARTS) is 1. The van der Waals surface area contributed by atoms with E-state index in [2.05, 4.69) is 4.90 Å². The molecule has 1 amide bonds. The quantitative estimate of drug-likeness (QED) is 0.733. The fourth-order valence-corrected chi connectivity index (χ4v) is 3.77. The second kappa shape index (κ2) is 8.38. The highest BCUT2D eigenvalue weighted by Gasteiger charge is 2.28. The van der Waals surface area contributed by atoms with Crippen LogP contribution in [0.2, 0.25) is 10.0 Å². The number of rotatable bonds is 5. The zero-order valence-corrected chi connectivity index (χ0v) is 16.8. The maximum Gasteiger partial charge on any atom is 0.411 e. The number of hydrogen-bond acceptors (Lipinski definition) is 3. The van der Waals surface area contributed by atoms with Gasteiger partial charge in [-0.3, -0.25) is 4.90 Å². The number of ether oxygens (including phenoxy) is 1. The topological polar surface area (TPSA) is 53.0 Å². The average molecular weight is 409 g/mol. The van der Waals surface area contributed by atoms with E-state index in [1.165, 1.54) is 4.90 Å². The van der Waals surface area contributed by atoms with Crippen LogP contribution in [-0.4, -0.2) is 49.4 Å². The molecule has 2 aromatic carbocycles. The second-order valence-electron chi connectivity index (χ2n) is 6.68. The molecule has 1 atom stereocenters. The van der Waals surface area contributed by atoms with E-state index in [1.54, 1.807) is 31.4 Å². The van der Waals surface area contributed by atoms with E-state index in [1.807, 2.05) is 19.2 Å². The van der Waals surface area contributed by atoms with Crippen molar-refractivity contribution in [1.82, 2.24) is 4.90 Å². The molecular weight excluding hydrogens is 387 g/mol. The highest BCUT2D eigenvalue weighted by Crippen LogP contribution is 2.37. The average Bonchev–Trinajstić information content (AvgIpc) is 3.06. The van der Waals surface area contributed by atoms with Gasteiger partial charge in [0, 0.05) is 18.2 Å². The number of nitrogens with zero attached hydrogens (tertiary/aromatic N) is 2. The van der Waals surface area contributed by atoms with E-state index in [9.17, 15) is 9.90 Å². The standard InChI is InChI=1S/C20H22Cl2N2O3/c1-23-9-3-4-14(23)12-24(20(25)26)19-8-6-15(27-2)11-16(19)13-5-7-17(21)18(22)10-13/h5-8,10-11,14H,3-4,9,12H2,1-2H3,(H,25,26)/t14-/m0/s1. The minimum Gasteiger partial charge on any atom is -0.497 e. The summed E-state index contributed by atoms with van der Waals surface area (Å²) in [5, 5.41) is 10.8. The highest BCUT2D eigenvalue weighted by atomic mass is 35.5. The van der Waals surface area contributed by atoms with Crippen LogP contribution in [-0.2, 0) is 0 Å². The summed E-state index contributed by atoms with van der Waals surface area (Å²) in [6.45, 7) is 1.40. The zero-order valence-electron chi connectivity index (χ0n) is 15.3. The van der Waals surface area contributed by atoms with Crippen molar-refractivity contribution in [3.8, 4) is 16.9 Å². The Morgan fingerprint density at radius 3 is 2.63 bits per heavy atom. The molecule has 1 aliphatic heterocycles. The molecule has 0 spiro atoms. The summed E-state index contributed by atoms with van der Waals surface area (Å²) in [4.78, 5) is 15.7. The van der Waals surface area contributed by atoms with Crippen LogP contribution in [0.5, 0.6) is 5.75 Å².